The highest BCUT2D eigenvalue weighted by atomic mass is 16.3. The topological polar surface area (TPSA) is 49.7 Å². The van der Waals surface area contributed by atoms with Crippen LogP contribution >= 0.6 is 0 Å². The molecule has 114 valence electrons. The summed E-state index contributed by atoms with van der Waals surface area (Å²) in [4.78, 5) is 10.8. The molecule has 0 bridgehead atoms. The van der Waals surface area contributed by atoms with E-state index < -0.39 is 0 Å². The van der Waals surface area contributed by atoms with E-state index >= 15 is 0 Å². The average molecular weight is 279 g/mol. The molecule has 0 aromatic rings. The quantitative estimate of drug-likeness (QED) is 0.679. The summed E-state index contributed by atoms with van der Waals surface area (Å²) in [7, 11) is 0. The maximum Gasteiger partial charge on any atom is 0.0957 e. The highest BCUT2D eigenvalue weighted by Gasteiger charge is 2.58. The first-order valence-electron chi connectivity index (χ1n) is 8.67. The van der Waals surface area contributed by atoms with E-state index in [0.717, 1.165) is 24.7 Å². The van der Waals surface area contributed by atoms with Gasteiger partial charge in [0.25, 0.3) is 0 Å². The van der Waals surface area contributed by atoms with Crippen molar-refractivity contribution in [3.63, 3.8) is 0 Å². The molecule has 3 heteroatoms. The second kappa shape index (κ2) is 5.40. The SMILES string of the molecule is CCCC(CC)(CC[C@H]1C2CCC(O)C21)C1CC1N=O. The van der Waals surface area contributed by atoms with Crippen molar-refractivity contribution >= 4 is 0 Å². The molecule has 0 aromatic heterocycles. The van der Waals surface area contributed by atoms with Crippen molar-refractivity contribution in [2.75, 3.05) is 0 Å². The monoisotopic (exact) mass is 279 g/mol. The lowest BCUT2D eigenvalue weighted by atomic mass is 9.71. The minimum absolute atomic E-state index is 0.0162. The molecule has 20 heavy (non-hydrogen) atoms. The van der Waals surface area contributed by atoms with Gasteiger partial charge in [0.2, 0.25) is 0 Å². The number of rotatable bonds is 8. The van der Waals surface area contributed by atoms with Crippen LogP contribution in [0.1, 0.15) is 65.2 Å². The van der Waals surface area contributed by atoms with Crippen molar-refractivity contribution in [2.45, 2.75) is 77.4 Å². The van der Waals surface area contributed by atoms with E-state index in [2.05, 4.69) is 19.0 Å². The van der Waals surface area contributed by atoms with Crippen LogP contribution < -0.4 is 0 Å². The van der Waals surface area contributed by atoms with Crippen LogP contribution in [0.3, 0.4) is 0 Å². The standard InChI is InChI=1S/C17H29NO2/c1-3-8-17(4-2,13-10-14(13)18-20)9-7-12-11-5-6-15(19)16(11)12/h11-16,19H,3-10H2,1-2H3/t11?,12-,13?,14?,15?,16?,17?/m0/s1. The van der Waals surface area contributed by atoms with Crippen molar-refractivity contribution in [1.29, 1.82) is 0 Å². The predicted molar refractivity (Wildman–Crippen MR) is 80.3 cm³/mol. The second-order valence-electron chi connectivity index (χ2n) is 7.57. The van der Waals surface area contributed by atoms with Crippen molar-refractivity contribution in [2.24, 2.45) is 34.3 Å². The van der Waals surface area contributed by atoms with Crippen molar-refractivity contribution in [3.05, 3.63) is 4.91 Å². The normalized spacial score (nSPS) is 44.8. The van der Waals surface area contributed by atoms with Gasteiger partial charge in [-0.05, 0) is 67.6 Å². The second-order valence-corrected chi connectivity index (χ2v) is 7.57. The van der Waals surface area contributed by atoms with Crippen LogP contribution in [0.5, 0.6) is 0 Å². The molecule has 3 rings (SSSR count). The molecule has 6 unspecified atom stereocenters. The van der Waals surface area contributed by atoms with Crippen molar-refractivity contribution < 1.29 is 5.11 Å². The lowest BCUT2D eigenvalue weighted by Gasteiger charge is -2.33. The third-order valence-electron chi connectivity index (χ3n) is 6.74. The molecule has 3 aliphatic rings. The van der Waals surface area contributed by atoms with Crippen LogP contribution in [-0.2, 0) is 0 Å². The van der Waals surface area contributed by atoms with Gasteiger partial charge in [-0.2, -0.15) is 4.91 Å². The molecule has 0 saturated heterocycles. The number of hydrogen-bond acceptors (Lipinski definition) is 3. The fourth-order valence-electron chi connectivity index (χ4n) is 5.43. The lowest BCUT2D eigenvalue weighted by Crippen LogP contribution is -2.25. The molecule has 0 radical (unpaired) electrons. The Morgan fingerprint density at radius 1 is 1.25 bits per heavy atom. The van der Waals surface area contributed by atoms with Crippen molar-refractivity contribution in [3.8, 4) is 0 Å². The molecule has 1 N–H and O–H groups in total. The zero-order chi connectivity index (χ0) is 14.3. The molecule has 3 nitrogen and oxygen atoms in total. The summed E-state index contributed by atoms with van der Waals surface area (Å²) in [6.45, 7) is 4.55. The lowest BCUT2D eigenvalue weighted by molar-refractivity contribution is 0.137. The van der Waals surface area contributed by atoms with E-state index in [-0.39, 0.29) is 12.1 Å². The van der Waals surface area contributed by atoms with Gasteiger partial charge < -0.3 is 5.11 Å². The number of hydrogen-bond donors (Lipinski definition) is 1. The number of aliphatic hydroxyl groups is 1. The van der Waals surface area contributed by atoms with Crippen LogP contribution in [0, 0.1) is 34.0 Å². The molecular formula is C17H29NO2. The molecule has 3 saturated carbocycles. The summed E-state index contributed by atoms with van der Waals surface area (Å²) in [5.74, 6) is 2.77. The van der Waals surface area contributed by atoms with E-state index in [4.69, 9.17) is 0 Å². The molecule has 0 amide bonds. The van der Waals surface area contributed by atoms with Gasteiger partial charge in [-0.15, -0.1) is 0 Å². The first kappa shape index (κ1) is 14.5. The minimum atomic E-state index is -0.0162. The Balaban J connectivity index is 1.58. The summed E-state index contributed by atoms with van der Waals surface area (Å²) in [6, 6.07) is 0.103. The van der Waals surface area contributed by atoms with E-state index in [1.807, 2.05) is 0 Å². The van der Waals surface area contributed by atoms with Crippen LogP contribution in [0.15, 0.2) is 5.18 Å². The van der Waals surface area contributed by atoms with E-state index in [1.54, 1.807) is 0 Å². The largest absolute Gasteiger partial charge is 0.393 e. The molecule has 0 aromatic carbocycles. The van der Waals surface area contributed by atoms with Gasteiger partial charge in [0.1, 0.15) is 0 Å². The van der Waals surface area contributed by atoms with E-state index in [0.29, 0.717) is 17.3 Å². The number of nitrogens with zero attached hydrogens (tertiary/aromatic N) is 1. The highest BCUT2D eigenvalue weighted by molar-refractivity contribution is 5.08. The van der Waals surface area contributed by atoms with Crippen molar-refractivity contribution in [1.82, 2.24) is 0 Å². The van der Waals surface area contributed by atoms with Gasteiger partial charge in [0.15, 0.2) is 0 Å². The Morgan fingerprint density at radius 2 is 2.05 bits per heavy atom. The Morgan fingerprint density at radius 3 is 2.55 bits per heavy atom. The van der Waals surface area contributed by atoms with Gasteiger partial charge in [0, 0.05) is 0 Å². The van der Waals surface area contributed by atoms with Crippen LogP contribution in [0.2, 0.25) is 0 Å². The minimum Gasteiger partial charge on any atom is -0.393 e. The Bertz CT molecular complexity index is 372. The Hall–Kier alpha value is -0.440. The third-order valence-corrected chi connectivity index (χ3v) is 6.74. The zero-order valence-corrected chi connectivity index (χ0v) is 12.9. The summed E-state index contributed by atoms with van der Waals surface area (Å²) in [6.07, 6.45) is 9.42. The number of nitroso groups, excluding NO2 is 1. The molecule has 0 aliphatic heterocycles. The molecule has 0 spiro atoms. The number of fused-ring (bicyclic) bond motifs is 1. The molecule has 3 fully saturated rings. The summed E-state index contributed by atoms with van der Waals surface area (Å²) >= 11 is 0. The third kappa shape index (κ3) is 2.32. The fourth-order valence-corrected chi connectivity index (χ4v) is 5.43. The van der Waals surface area contributed by atoms with Gasteiger partial charge in [-0.1, -0.05) is 31.9 Å². The van der Waals surface area contributed by atoms with Gasteiger partial charge in [-0.3, -0.25) is 0 Å². The van der Waals surface area contributed by atoms with Gasteiger partial charge >= 0.3 is 0 Å². The van der Waals surface area contributed by atoms with Crippen LogP contribution in [-0.4, -0.2) is 17.3 Å². The summed E-state index contributed by atoms with van der Waals surface area (Å²) in [5.41, 5.74) is 0.356. The van der Waals surface area contributed by atoms with Gasteiger partial charge in [-0.25, -0.2) is 0 Å². The van der Waals surface area contributed by atoms with Crippen LogP contribution in [0.4, 0.5) is 0 Å². The molecule has 7 atom stereocenters. The zero-order valence-electron chi connectivity index (χ0n) is 12.9. The van der Waals surface area contributed by atoms with Crippen LogP contribution in [0.25, 0.3) is 0 Å². The maximum absolute atomic E-state index is 10.8. The number of aliphatic hydroxyl groups excluding tert-OH is 1. The van der Waals surface area contributed by atoms with E-state index in [9.17, 15) is 10.0 Å². The average Bonchev–Trinajstić information content (AvgIpc) is 3.34. The maximum atomic E-state index is 10.8. The smallest absolute Gasteiger partial charge is 0.0957 e. The van der Waals surface area contributed by atoms with E-state index in [1.165, 1.54) is 38.5 Å². The summed E-state index contributed by atoms with van der Waals surface area (Å²) in [5, 5.41) is 13.2. The summed E-state index contributed by atoms with van der Waals surface area (Å²) < 4.78 is 0. The molecule has 3 aliphatic carbocycles. The molecular weight excluding hydrogens is 250 g/mol. The molecule has 0 heterocycles. The van der Waals surface area contributed by atoms with Gasteiger partial charge in [0.05, 0.1) is 12.1 Å². The Labute approximate surface area is 122 Å². The first-order valence-corrected chi connectivity index (χ1v) is 8.67. The fraction of sp³-hybridized carbons (Fsp3) is 1.00. The highest BCUT2D eigenvalue weighted by Crippen LogP contribution is 2.62. The Kier molecular flexibility index (Phi) is 3.91. The first-order chi connectivity index (χ1) is 9.66. The predicted octanol–water partition coefficient (Wildman–Crippen LogP) is 4.13.